The summed E-state index contributed by atoms with van der Waals surface area (Å²) in [5, 5.41) is 8.78. The maximum atomic E-state index is 12.6. The first-order valence-electron chi connectivity index (χ1n) is 7.53. The number of rotatable bonds is 5. The van der Waals surface area contributed by atoms with Crippen LogP contribution in [0.1, 0.15) is 5.56 Å². The largest absolute Gasteiger partial charge is 0.481 e. The number of anilines is 1. The molecule has 27 heavy (non-hydrogen) atoms. The Morgan fingerprint density at radius 3 is 2.56 bits per heavy atom. The zero-order valence-electron chi connectivity index (χ0n) is 13.5. The van der Waals surface area contributed by atoms with Gasteiger partial charge in [-0.3, -0.25) is 9.59 Å². The first-order chi connectivity index (χ1) is 12.8. The average Bonchev–Trinajstić information content (AvgIpc) is 2.88. The fraction of sp³-hybridized carbons (Fsp3) is 0.0556. The Bertz CT molecular complexity index is 961. The zero-order valence-corrected chi connectivity index (χ0v) is 16.7. The molecule has 1 saturated heterocycles. The van der Waals surface area contributed by atoms with Gasteiger partial charge in [0.05, 0.1) is 15.1 Å². The first-order valence-corrected chi connectivity index (χ1v) is 9.51. The molecular weight excluding hydrogens is 458 g/mol. The molecule has 9 heteroatoms. The van der Waals surface area contributed by atoms with Crippen LogP contribution in [0.15, 0.2) is 51.8 Å². The second-order valence-corrected chi connectivity index (χ2v) is 7.65. The van der Waals surface area contributed by atoms with Crippen LogP contribution in [-0.2, 0) is 9.59 Å². The van der Waals surface area contributed by atoms with Gasteiger partial charge in [-0.2, -0.15) is 0 Å². The normalized spacial score (nSPS) is 15.5. The minimum absolute atomic E-state index is 0.279. The Morgan fingerprint density at radius 2 is 1.93 bits per heavy atom. The number of imide groups is 1. The van der Waals surface area contributed by atoms with Crippen molar-refractivity contribution in [3.8, 4) is 5.75 Å². The number of hydrogen-bond acceptors (Lipinski definition) is 5. The van der Waals surface area contributed by atoms with Crippen molar-refractivity contribution in [2.24, 2.45) is 0 Å². The molecule has 1 N–H and O–H groups in total. The molecule has 138 valence electrons. The number of carboxylic acids is 1. The van der Waals surface area contributed by atoms with E-state index in [0.717, 1.165) is 16.7 Å². The van der Waals surface area contributed by atoms with Gasteiger partial charge in [-0.15, -0.1) is 0 Å². The number of halogens is 2. The van der Waals surface area contributed by atoms with E-state index in [4.69, 9.17) is 21.4 Å². The molecule has 2 aromatic carbocycles. The van der Waals surface area contributed by atoms with E-state index in [9.17, 15) is 14.4 Å². The Morgan fingerprint density at radius 1 is 1.22 bits per heavy atom. The Kier molecular flexibility index (Phi) is 5.88. The molecule has 2 amide bonds. The summed E-state index contributed by atoms with van der Waals surface area (Å²) in [6.07, 6.45) is 1.59. The van der Waals surface area contributed by atoms with Crippen LogP contribution in [-0.4, -0.2) is 28.8 Å². The summed E-state index contributed by atoms with van der Waals surface area (Å²) in [7, 11) is 0. The smallest absolute Gasteiger partial charge is 0.341 e. The highest BCUT2D eigenvalue weighted by Crippen LogP contribution is 2.36. The highest BCUT2D eigenvalue weighted by molar-refractivity contribution is 9.10. The fourth-order valence-electron chi connectivity index (χ4n) is 2.30. The van der Waals surface area contributed by atoms with Crippen molar-refractivity contribution in [3.63, 3.8) is 0 Å². The second kappa shape index (κ2) is 8.16. The standard InChI is InChI=1S/C18H11BrClNO5S/c19-13-7-10(1-6-14(13)26-9-16(22)23)8-15-17(24)21(18(25)27-15)12-4-2-11(20)3-5-12/h1-8H,9H2,(H,22,23)/b15-8+. The third kappa shape index (κ3) is 4.52. The maximum Gasteiger partial charge on any atom is 0.341 e. The molecule has 0 radical (unpaired) electrons. The summed E-state index contributed by atoms with van der Waals surface area (Å²) in [6, 6.07) is 11.3. The molecular formula is C18H11BrClNO5S. The van der Waals surface area contributed by atoms with Crippen LogP contribution < -0.4 is 9.64 Å². The Balaban J connectivity index is 1.82. The lowest BCUT2D eigenvalue weighted by molar-refractivity contribution is -0.139. The highest BCUT2D eigenvalue weighted by Gasteiger charge is 2.36. The van der Waals surface area contributed by atoms with Crippen LogP contribution >= 0.6 is 39.3 Å². The van der Waals surface area contributed by atoms with Gasteiger partial charge >= 0.3 is 5.97 Å². The van der Waals surface area contributed by atoms with Gasteiger partial charge in [0.1, 0.15) is 5.75 Å². The average molecular weight is 469 g/mol. The molecule has 1 aliphatic heterocycles. The quantitative estimate of drug-likeness (QED) is 0.634. The maximum absolute atomic E-state index is 12.6. The van der Waals surface area contributed by atoms with Gasteiger partial charge in [-0.05, 0) is 75.7 Å². The second-order valence-electron chi connectivity index (χ2n) is 5.37. The summed E-state index contributed by atoms with van der Waals surface area (Å²) >= 11 is 9.98. The topological polar surface area (TPSA) is 83.9 Å². The van der Waals surface area contributed by atoms with E-state index in [1.165, 1.54) is 0 Å². The predicted molar refractivity (Wildman–Crippen MR) is 107 cm³/mol. The molecule has 3 rings (SSSR count). The first kappa shape index (κ1) is 19.5. The number of ether oxygens (including phenoxy) is 1. The van der Waals surface area contributed by atoms with Gasteiger partial charge in [0, 0.05) is 5.02 Å². The van der Waals surface area contributed by atoms with Crippen molar-refractivity contribution >= 4 is 68.2 Å². The Labute approximate surface area is 171 Å². The molecule has 0 unspecified atom stereocenters. The van der Waals surface area contributed by atoms with Gasteiger partial charge in [0.25, 0.3) is 11.1 Å². The van der Waals surface area contributed by atoms with Crippen molar-refractivity contribution in [2.75, 3.05) is 11.5 Å². The van der Waals surface area contributed by atoms with Crippen molar-refractivity contribution in [1.82, 2.24) is 0 Å². The Hall–Kier alpha value is -2.29. The van der Waals surface area contributed by atoms with Crippen molar-refractivity contribution in [3.05, 3.63) is 62.4 Å². The molecule has 1 heterocycles. The lowest BCUT2D eigenvalue weighted by Gasteiger charge is -2.12. The van der Waals surface area contributed by atoms with Crippen LogP contribution in [0.25, 0.3) is 6.08 Å². The van der Waals surface area contributed by atoms with E-state index < -0.39 is 23.7 Å². The fourth-order valence-corrected chi connectivity index (χ4v) is 3.77. The molecule has 0 atom stereocenters. The lowest BCUT2D eigenvalue weighted by atomic mass is 10.2. The van der Waals surface area contributed by atoms with Crippen molar-refractivity contribution in [1.29, 1.82) is 0 Å². The monoisotopic (exact) mass is 467 g/mol. The summed E-state index contributed by atoms with van der Waals surface area (Å²) in [5.41, 5.74) is 1.11. The summed E-state index contributed by atoms with van der Waals surface area (Å²) in [6.45, 7) is -0.460. The number of thioether (sulfide) groups is 1. The summed E-state index contributed by atoms with van der Waals surface area (Å²) in [4.78, 5) is 36.8. The number of aliphatic carboxylic acids is 1. The minimum atomic E-state index is -1.08. The van der Waals surface area contributed by atoms with E-state index in [0.29, 0.717) is 26.5 Å². The molecule has 0 spiro atoms. The van der Waals surface area contributed by atoms with Gasteiger partial charge < -0.3 is 9.84 Å². The molecule has 0 aliphatic carbocycles. The van der Waals surface area contributed by atoms with E-state index in [1.54, 1.807) is 48.5 Å². The number of carbonyl (C=O) groups is 3. The van der Waals surface area contributed by atoms with Crippen LogP contribution in [0.4, 0.5) is 10.5 Å². The summed E-state index contributed by atoms with van der Waals surface area (Å²) in [5.74, 6) is -1.14. The molecule has 1 fully saturated rings. The van der Waals surface area contributed by atoms with Crippen molar-refractivity contribution < 1.29 is 24.2 Å². The number of hydrogen-bond donors (Lipinski definition) is 1. The van der Waals surface area contributed by atoms with Crippen LogP contribution in [0.3, 0.4) is 0 Å². The lowest BCUT2D eigenvalue weighted by Crippen LogP contribution is -2.27. The highest BCUT2D eigenvalue weighted by atomic mass is 79.9. The number of amides is 2. The van der Waals surface area contributed by atoms with Gasteiger partial charge in [-0.25, -0.2) is 9.69 Å². The summed E-state index contributed by atoms with van der Waals surface area (Å²) < 4.78 is 5.67. The minimum Gasteiger partial charge on any atom is -0.481 e. The molecule has 0 bridgehead atoms. The number of carboxylic acid groups (broad SMARTS) is 1. The number of benzene rings is 2. The zero-order chi connectivity index (χ0) is 19.6. The molecule has 2 aromatic rings. The molecule has 1 aliphatic rings. The third-order valence-electron chi connectivity index (χ3n) is 3.48. The number of nitrogens with zero attached hydrogens (tertiary/aromatic N) is 1. The van der Waals surface area contributed by atoms with Gasteiger partial charge in [0.15, 0.2) is 6.61 Å². The van der Waals surface area contributed by atoms with E-state index in [2.05, 4.69) is 15.9 Å². The SMILES string of the molecule is O=C(O)COc1ccc(/C=C2/SC(=O)N(c3ccc(Cl)cc3)C2=O)cc1Br. The van der Waals surface area contributed by atoms with E-state index in [1.807, 2.05) is 0 Å². The van der Waals surface area contributed by atoms with Crippen LogP contribution in [0.5, 0.6) is 5.75 Å². The molecule has 6 nitrogen and oxygen atoms in total. The van der Waals surface area contributed by atoms with E-state index in [-0.39, 0.29) is 4.91 Å². The van der Waals surface area contributed by atoms with Gasteiger partial charge in [0.2, 0.25) is 0 Å². The van der Waals surface area contributed by atoms with Crippen LogP contribution in [0.2, 0.25) is 5.02 Å². The number of carbonyl (C=O) groups excluding carboxylic acids is 2. The molecule has 0 saturated carbocycles. The van der Waals surface area contributed by atoms with Crippen LogP contribution in [0, 0.1) is 0 Å². The third-order valence-corrected chi connectivity index (χ3v) is 5.22. The molecule has 0 aromatic heterocycles. The predicted octanol–water partition coefficient (Wildman–Crippen LogP) is 4.81. The van der Waals surface area contributed by atoms with Crippen molar-refractivity contribution in [2.45, 2.75) is 0 Å². The van der Waals surface area contributed by atoms with Gasteiger partial charge in [-0.1, -0.05) is 17.7 Å². The van der Waals surface area contributed by atoms with E-state index >= 15 is 0 Å².